The number of aromatic amines is 1. The minimum absolute atomic E-state index is 0.0872. The molecule has 3 N–H and O–H groups in total. The van der Waals surface area contributed by atoms with Crippen molar-refractivity contribution >= 4 is 16.8 Å². The van der Waals surface area contributed by atoms with Gasteiger partial charge >= 0.3 is 0 Å². The molecular formula is C19H24N2O3. The van der Waals surface area contributed by atoms with Crippen molar-refractivity contribution in [3.8, 4) is 0 Å². The largest absolute Gasteiger partial charge is 0.394 e. The topological polar surface area (TPSA) is 82.2 Å². The van der Waals surface area contributed by atoms with Gasteiger partial charge < -0.3 is 15.4 Å². The molecule has 1 saturated carbocycles. The SMILES string of the molecule is CC(CO)(NC(=O)c1cc2ccccc2[nH]c1=O)C1CCCCC1. The number of nitrogens with one attached hydrogen (secondary N) is 2. The van der Waals surface area contributed by atoms with Crippen LogP contribution < -0.4 is 10.9 Å². The van der Waals surface area contributed by atoms with Gasteiger partial charge in [-0.15, -0.1) is 0 Å². The van der Waals surface area contributed by atoms with E-state index in [0.717, 1.165) is 31.1 Å². The maximum Gasteiger partial charge on any atom is 0.261 e. The van der Waals surface area contributed by atoms with Crippen LogP contribution in [0.4, 0.5) is 0 Å². The summed E-state index contributed by atoms with van der Waals surface area (Å²) < 4.78 is 0. The van der Waals surface area contributed by atoms with E-state index in [-0.39, 0.29) is 18.1 Å². The molecule has 1 fully saturated rings. The molecule has 5 heteroatoms. The number of benzene rings is 1. The molecule has 0 radical (unpaired) electrons. The van der Waals surface area contributed by atoms with Crippen molar-refractivity contribution in [1.29, 1.82) is 0 Å². The van der Waals surface area contributed by atoms with Gasteiger partial charge in [-0.2, -0.15) is 0 Å². The summed E-state index contributed by atoms with van der Waals surface area (Å²) in [6, 6.07) is 8.97. The van der Waals surface area contributed by atoms with Crippen molar-refractivity contribution in [3.63, 3.8) is 0 Å². The number of rotatable bonds is 4. The van der Waals surface area contributed by atoms with E-state index in [9.17, 15) is 14.7 Å². The molecule has 1 atom stereocenters. The van der Waals surface area contributed by atoms with Gasteiger partial charge in [-0.25, -0.2) is 0 Å². The highest BCUT2D eigenvalue weighted by molar-refractivity contribution is 5.97. The third-order valence-corrected chi connectivity index (χ3v) is 5.23. The van der Waals surface area contributed by atoms with Crippen LogP contribution in [0.15, 0.2) is 35.1 Å². The van der Waals surface area contributed by atoms with Gasteiger partial charge in [0.1, 0.15) is 5.56 Å². The lowest BCUT2D eigenvalue weighted by Gasteiger charge is -2.39. The molecular weight excluding hydrogens is 304 g/mol. The molecule has 24 heavy (non-hydrogen) atoms. The monoisotopic (exact) mass is 328 g/mol. The summed E-state index contributed by atoms with van der Waals surface area (Å²) in [5, 5.41) is 13.6. The summed E-state index contributed by atoms with van der Waals surface area (Å²) in [6.07, 6.45) is 5.42. The standard InChI is InChI=1S/C19H24N2O3/c1-19(12-22,14-8-3-2-4-9-14)21-18(24)15-11-13-7-5-6-10-16(13)20-17(15)23/h5-7,10-11,14,22H,2-4,8-9,12H2,1H3,(H,20,23)(H,21,24). The lowest BCUT2D eigenvalue weighted by molar-refractivity contribution is 0.0678. The number of carbonyl (C=O) groups is 1. The summed E-state index contributed by atoms with van der Waals surface area (Å²) in [4.78, 5) is 27.7. The Balaban J connectivity index is 1.88. The molecule has 1 amide bonds. The van der Waals surface area contributed by atoms with E-state index in [4.69, 9.17) is 0 Å². The predicted octanol–water partition coefficient (Wildman–Crippen LogP) is 2.59. The zero-order chi connectivity index (χ0) is 17.2. The molecule has 1 aromatic carbocycles. The van der Waals surface area contributed by atoms with E-state index in [2.05, 4.69) is 10.3 Å². The third kappa shape index (κ3) is 3.22. The van der Waals surface area contributed by atoms with E-state index in [1.807, 2.05) is 25.1 Å². The predicted molar refractivity (Wildman–Crippen MR) is 94.1 cm³/mol. The second-order valence-corrected chi connectivity index (χ2v) is 6.96. The summed E-state index contributed by atoms with van der Waals surface area (Å²) in [6.45, 7) is 1.74. The lowest BCUT2D eigenvalue weighted by atomic mass is 9.76. The smallest absolute Gasteiger partial charge is 0.261 e. The zero-order valence-corrected chi connectivity index (χ0v) is 14.0. The highest BCUT2D eigenvalue weighted by atomic mass is 16.3. The van der Waals surface area contributed by atoms with E-state index < -0.39 is 17.0 Å². The van der Waals surface area contributed by atoms with Gasteiger partial charge in [0.05, 0.1) is 12.1 Å². The fraction of sp³-hybridized carbons (Fsp3) is 0.474. The van der Waals surface area contributed by atoms with Crippen molar-refractivity contribution in [3.05, 3.63) is 46.2 Å². The molecule has 0 saturated heterocycles. The molecule has 1 aromatic heterocycles. The van der Waals surface area contributed by atoms with E-state index >= 15 is 0 Å². The van der Waals surface area contributed by atoms with Crippen LogP contribution in [0.5, 0.6) is 0 Å². The number of aromatic nitrogens is 1. The Morgan fingerprint density at radius 3 is 2.71 bits per heavy atom. The van der Waals surface area contributed by atoms with E-state index in [1.54, 1.807) is 12.1 Å². The van der Waals surface area contributed by atoms with Crippen LogP contribution in [-0.2, 0) is 0 Å². The van der Waals surface area contributed by atoms with Crippen molar-refractivity contribution in [2.45, 2.75) is 44.6 Å². The second-order valence-electron chi connectivity index (χ2n) is 6.96. The van der Waals surface area contributed by atoms with Crippen LogP contribution in [0.3, 0.4) is 0 Å². The minimum Gasteiger partial charge on any atom is -0.394 e. The van der Waals surface area contributed by atoms with Crippen molar-refractivity contribution < 1.29 is 9.90 Å². The number of aliphatic hydroxyl groups excluding tert-OH is 1. The van der Waals surface area contributed by atoms with Gasteiger partial charge in [-0.3, -0.25) is 9.59 Å². The first-order valence-corrected chi connectivity index (χ1v) is 8.59. The first kappa shape index (κ1) is 16.7. The lowest BCUT2D eigenvalue weighted by Crippen LogP contribution is -2.55. The fourth-order valence-electron chi connectivity index (χ4n) is 3.65. The average molecular weight is 328 g/mol. The summed E-state index contributed by atoms with van der Waals surface area (Å²) in [7, 11) is 0. The number of carbonyl (C=O) groups excluding carboxylic acids is 1. The first-order chi connectivity index (χ1) is 11.5. The van der Waals surface area contributed by atoms with Crippen molar-refractivity contribution in [2.75, 3.05) is 6.61 Å². The van der Waals surface area contributed by atoms with E-state index in [1.165, 1.54) is 6.42 Å². The number of aliphatic hydroxyl groups is 1. The molecule has 5 nitrogen and oxygen atoms in total. The van der Waals surface area contributed by atoms with Gasteiger partial charge in [-0.1, -0.05) is 37.5 Å². The number of pyridine rings is 1. The Labute approximate surface area is 141 Å². The number of H-pyrrole nitrogens is 1. The Morgan fingerprint density at radius 2 is 2.00 bits per heavy atom. The molecule has 1 aliphatic carbocycles. The molecule has 128 valence electrons. The maximum atomic E-state index is 12.7. The Kier molecular flexibility index (Phi) is 4.71. The van der Waals surface area contributed by atoms with Gasteiger partial charge in [0.15, 0.2) is 0 Å². The normalized spacial score (nSPS) is 18.2. The molecule has 1 unspecified atom stereocenters. The number of para-hydroxylation sites is 1. The summed E-state index contributed by atoms with van der Waals surface area (Å²) in [5.41, 5.74) is -0.314. The Morgan fingerprint density at radius 1 is 1.29 bits per heavy atom. The zero-order valence-electron chi connectivity index (χ0n) is 14.0. The molecule has 1 heterocycles. The molecule has 0 aliphatic heterocycles. The Bertz CT molecular complexity index is 793. The van der Waals surface area contributed by atoms with Crippen LogP contribution in [0, 0.1) is 5.92 Å². The van der Waals surface area contributed by atoms with Crippen molar-refractivity contribution in [2.24, 2.45) is 5.92 Å². The van der Waals surface area contributed by atoms with Crippen LogP contribution in [0.25, 0.3) is 10.9 Å². The summed E-state index contributed by atoms with van der Waals surface area (Å²) >= 11 is 0. The first-order valence-electron chi connectivity index (χ1n) is 8.59. The van der Waals surface area contributed by atoms with Crippen LogP contribution in [-0.4, -0.2) is 28.1 Å². The Hall–Kier alpha value is -2.14. The van der Waals surface area contributed by atoms with Crippen LogP contribution >= 0.6 is 0 Å². The van der Waals surface area contributed by atoms with Gasteiger partial charge in [0.2, 0.25) is 0 Å². The third-order valence-electron chi connectivity index (χ3n) is 5.23. The number of fused-ring (bicyclic) bond motifs is 1. The van der Waals surface area contributed by atoms with Gasteiger partial charge in [0, 0.05) is 5.52 Å². The highest BCUT2D eigenvalue weighted by Crippen LogP contribution is 2.32. The molecule has 0 bridgehead atoms. The average Bonchev–Trinajstić information content (AvgIpc) is 2.61. The number of hydrogen-bond donors (Lipinski definition) is 3. The fourth-order valence-corrected chi connectivity index (χ4v) is 3.65. The number of hydrogen-bond acceptors (Lipinski definition) is 3. The van der Waals surface area contributed by atoms with Crippen LogP contribution in [0.1, 0.15) is 49.4 Å². The molecule has 1 aliphatic rings. The minimum atomic E-state index is -0.699. The second kappa shape index (κ2) is 6.77. The van der Waals surface area contributed by atoms with E-state index in [0.29, 0.717) is 5.52 Å². The quantitative estimate of drug-likeness (QED) is 0.807. The van der Waals surface area contributed by atoms with Gasteiger partial charge in [0.25, 0.3) is 11.5 Å². The maximum absolute atomic E-state index is 12.7. The highest BCUT2D eigenvalue weighted by Gasteiger charge is 2.36. The van der Waals surface area contributed by atoms with Gasteiger partial charge in [-0.05, 0) is 43.2 Å². The molecule has 0 spiro atoms. The number of amides is 1. The summed E-state index contributed by atoms with van der Waals surface area (Å²) in [5.74, 6) is -0.191. The molecule has 2 aromatic rings. The van der Waals surface area contributed by atoms with Crippen molar-refractivity contribution in [1.82, 2.24) is 10.3 Å². The van der Waals surface area contributed by atoms with Crippen LogP contribution in [0.2, 0.25) is 0 Å². The molecule has 3 rings (SSSR count).